The smallest absolute Gasteiger partial charge is 0.243 e. The van der Waals surface area contributed by atoms with Crippen LogP contribution in [-0.4, -0.2) is 31.8 Å². The number of carbonyl (C=O) groups is 1. The number of aliphatic carboxylic acids is 1. The Bertz CT molecular complexity index is 925. The molecule has 0 unspecified atom stereocenters. The summed E-state index contributed by atoms with van der Waals surface area (Å²) < 4.78 is 40.0. The van der Waals surface area contributed by atoms with E-state index in [1.807, 2.05) is 0 Å². The first kappa shape index (κ1) is 18.8. The average molecular weight is 397 g/mol. The molecule has 1 fully saturated rings. The monoisotopic (exact) mass is 396 g/mol. The van der Waals surface area contributed by atoms with E-state index in [9.17, 15) is 22.7 Å². The number of nitrogens with zero attached hydrogens (tertiary/aromatic N) is 1. The lowest BCUT2D eigenvalue weighted by atomic mass is 9.73. The van der Waals surface area contributed by atoms with Gasteiger partial charge in [0, 0.05) is 18.5 Å². The van der Waals surface area contributed by atoms with E-state index < -0.39 is 27.2 Å². The van der Waals surface area contributed by atoms with Crippen LogP contribution in [0.5, 0.6) is 0 Å². The molecule has 0 atom stereocenters. The molecule has 26 heavy (non-hydrogen) atoms. The van der Waals surface area contributed by atoms with Gasteiger partial charge in [0.05, 0.1) is 15.9 Å². The summed E-state index contributed by atoms with van der Waals surface area (Å²) in [6.07, 6.45) is 0.182. The van der Waals surface area contributed by atoms with Gasteiger partial charge in [0.2, 0.25) is 10.0 Å². The molecule has 0 aromatic heterocycles. The van der Waals surface area contributed by atoms with Gasteiger partial charge in [-0.15, -0.1) is 0 Å². The van der Waals surface area contributed by atoms with Gasteiger partial charge < -0.3 is 9.90 Å². The molecule has 3 rings (SSSR count). The third kappa shape index (κ3) is 3.22. The van der Waals surface area contributed by atoms with Crippen molar-refractivity contribution in [1.29, 1.82) is 0 Å². The lowest BCUT2D eigenvalue weighted by molar-refractivity contribution is -0.315. The van der Waals surface area contributed by atoms with Crippen LogP contribution in [0.4, 0.5) is 4.39 Å². The summed E-state index contributed by atoms with van der Waals surface area (Å²) in [5, 5.41) is 11.6. The van der Waals surface area contributed by atoms with Crippen molar-refractivity contribution in [3.05, 3.63) is 64.9 Å². The fourth-order valence-corrected chi connectivity index (χ4v) is 4.98. The van der Waals surface area contributed by atoms with Crippen molar-refractivity contribution in [2.45, 2.75) is 23.2 Å². The average Bonchev–Trinajstić information content (AvgIpc) is 2.64. The van der Waals surface area contributed by atoms with Crippen LogP contribution in [0.15, 0.2) is 53.4 Å². The molecule has 1 saturated heterocycles. The van der Waals surface area contributed by atoms with E-state index in [-0.39, 0.29) is 35.8 Å². The summed E-state index contributed by atoms with van der Waals surface area (Å²) in [6.45, 7) is 0.0282. The Hall–Kier alpha value is -1.96. The van der Waals surface area contributed by atoms with Gasteiger partial charge in [-0.25, -0.2) is 12.8 Å². The van der Waals surface area contributed by atoms with Gasteiger partial charge in [0.15, 0.2) is 0 Å². The van der Waals surface area contributed by atoms with Crippen molar-refractivity contribution in [3.63, 3.8) is 0 Å². The maximum atomic E-state index is 13.3. The first-order chi connectivity index (χ1) is 12.3. The number of benzene rings is 2. The molecule has 5 nitrogen and oxygen atoms in total. The number of halogens is 2. The van der Waals surface area contributed by atoms with Crippen molar-refractivity contribution in [2.24, 2.45) is 0 Å². The first-order valence-corrected chi connectivity index (χ1v) is 9.81. The minimum Gasteiger partial charge on any atom is -0.549 e. The zero-order valence-electron chi connectivity index (χ0n) is 13.7. The van der Waals surface area contributed by atoms with Crippen LogP contribution in [0.2, 0.25) is 5.02 Å². The minimum atomic E-state index is -3.89. The molecule has 1 aliphatic heterocycles. The molecule has 0 N–H and O–H groups in total. The molecule has 2 aromatic rings. The summed E-state index contributed by atoms with van der Waals surface area (Å²) in [5.41, 5.74) is -0.629. The van der Waals surface area contributed by atoms with Gasteiger partial charge in [-0.1, -0.05) is 41.9 Å². The minimum absolute atomic E-state index is 0.0141. The Morgan fingerprint density at radius 3 is 2.27 bits per heavy atom. The van der Waals surface area contributed by atoms with Gasteiger partial charge in [0.25, 0.3) is 0 Å². The van der Waals surface area contributed by atoms with Gasteiger partial charge in [0.1, 0.15) is 5.82 Å². The highest BCUT2D eigenvalue weighted by Crippen LogP contribution is 2.37. The third-order valence-electron chi connectivity index (χ3n) is 4.82. The predicted molar refractivity (Wildman–Crippen MR) is 92.5 cm³/mol. The second-order valence-corrected chi connectivity index (χ2v) is 8.56. The van der Waals surface area contributed by atoms with E-state index in [4.69, 9.17) is 11.6 Å². The molecule has 0 radical (unpaired) electrons. The van der Waals surface area contributed by atoms with Crippen molar-refractivity contribution >= 4 is 27.6 Å². The molecule has 0 amide bonds. The van der Waals surface area contributed by atoms with Crippen LogP contribution in [0.25, 0.3) is 0 Å². The molecule has 1 heterocycles. The fourth-order valence-electron chi connectivity index (χ4n) is 3.26. The van der Waals surface area contributed by atoms with E-state index >= 15 is 0 Å². The maximum Gasteiger partial charge on any atom is 0.243 e. The molecular formula is C18H16ClFNO4S-. The molecule has 0 spiro atoms. The number of piperidine rings is 1. The molecule has 2 aromatic carbocycles. The van der Waals surface area contributed by atoms with E-state index in [1.165, 1.54) is 4.31 Å². The number of carboxylic acids is 1. The molecule has 0 aliphatic carbocycles. The largest absolute Gasteiger partial charge is 0.549 e. The van der Waals surface area contributed by atoms with E-state index in [2.05, 4.69) is 0 Å². The second-order valence-electron chi connectivity index (χ2n) is 6.22. The van der Waals surface area contributed by atoms with E-state index in [0.29, 0.717) is 5.56 Å². The third-order valence-corrected chi connectivity index (χ3v) is 7.01. The number of carboxylic acid groups (broad SMARTS) is 1. The molecule has 0 bridgehead atoms. The Morgan fingerprint density at radius 2 is 1.73 bits per heavy atom. The molecule has 0 saturated carbocycles. The highest BCUT2D eigenvalue weighted by Gasteiger charge is 2.41. The standard InChI is InChI=1S/C18H17ClFNO4S/c19-15-12-14(6-7-16(15)20)26(24,25)21-10-8-18(9-11-21,17(22)23)13-4-2-1-3-5-13/h1-7,12H,8-11H2,(H,22,23)/p-1. The number of rotatable bonds is 4. The Labute approximate surface area is 156 Å². The van der Waals surface area contributed by atoms with Crippen molar-refractivity contribution < 1.29 is 22.7 Å². The highest BCUT2D eigenvalue weighted by molar-refractivity contribution is 7.89. The fraction of sp³-hybridized carbons (Fsp3) is 0.278. The van der Waals surface area contributed by atoms with Crippen LogP contribution >= 0.6 is 11.6 Å². The summed E-state index contributed by atoms with van der Waals surface area (Å²) in [7, 11) is -3.89. The number of hydrogen-bond acceptors (Lipinski definition) is 4. The molecular weight excluding hydrogens is 381 g/mol. The first-order valence-electron chi connectivity index (χ1n) is 7.99. The van der Waals surface area contributed by atoms with Gasteiger partial charge in [-0.05, 0) is 36.6 Å². The normalized spacial score (nSPS) is 17.8. The number of hydrogen-bond donors (Lipinski definition) is 0. The Kier molecular flexibility index (Phi) is 5.05. The Balaban J connectivity index is 1.87. The second kappa shape index (κ2) is 6.98. The summed E-state index contributed by atoms with van der Waals surface area (Å²) in [6, 6.07) is 11.9. The SMILES string of the molecule is O=C([O-])C1(c2ccccc2)CCN(S(=O)(=O)c2ccc(F)c(Cl)c2)CC1. The number of sulfonamides is 1. The van der Waals surface area contributed by atoms with Crippen molar-refractivity contribution in [1.82, 2.24) is 4.31 Å². The van der Waals surface area contributed by atoms with Crippen LogP contribution in [0, 0.1) is 5.82 Å². The summed E-state index contributed by atoms with van der Waals surface area (Å²) in [4.78, 5) is 11.7. The molecule has 8 heteroatoms. The molecule has 1 aliphatic rings. The van der Waals surface area contributed by atoms with Crippen molar-refractivity contribution in [2.75, 3.05) is 13.1 Å². The van der Waals surface area contributed by atoms with Gasteiger partial charge >= 0.3 is 0 Å². The summed E-state index contributed by atoms with van der Waals surface area (Å²) in [5.74, 6) is -1.92. The number of carbonyl (C=O) groups excluding carboxylic acids is 1. The quantitative estimate of drug-likeness (QED) is 0.791. The lowest BCUT2D eigenvalue weighted by Gasteiger charge is -2.42. The van der Waals surface area contributed by atoms with Crippen LogP contribution in [0.1, 0.15) is 18.4 Å². The van der Waals surface area contributed by atoms with E-state index in [1.54, 1.807) is 30.3 Å². The zero-order chi connectivity index (χ0) is 18.9. The topological polar surface area (TPSA) is 77.5 Å². The van der Waals surface area contributed by atoms with Gasteiger partial charge in [-0.3, -0.25) is 0 Å². The zero-order valence-corrected chi connectivity index (χ0v) is 15.3. The van der Waals surface area contributed by atoms with Gasteiger partial charge in [-0.2, -0.15) is 4.31 Å². The van der Waals surface area contributed by atoms with Crippen LogP contribution in [-0.2, 0) is 20.2 Å². The lowest BCUT2D eigenvalue weighted by Crippen LogP contribution is -2.53. The van der Waals surface area contributed by atoms with Crippen LogP contribution in [0.3, 0.4) is 0 Å². The highest BCUT2D eigenvalue weighted by atomic mass is 35.5. The Morgan fingerprint density at radius 1 is 1.12 bits per heavy atom. The van der Waals surface area contributed by atoms with E-state index in [0.717, 1.165) is 18.2 Å². The predicted octanol–water partition coefficient (Wildman–Crippen LogP) is 1.95. The summed E-state index contributed by atoms with van der Waals surface area (Å²) >= 11 is 5.68. The van der Waals surface area contributed by atoms with Crippen LogP contribution < -0.4 is 5.11 Å². The van der Waals surface area contributed by atoms with Crippen molar-refractivity contribution in [3.8, 4) is 0 Å². The maximum absolute atomic E-state index is 13.3. The molecule has 138 valence electrons.